The first-order chi connectivity index (χ1) is 38.3. The Morgan fingerprint density at radius 1 is 0.950 bits per heavy atom. The van der Waals surface area contributed by atoms with Gasteiger partial charge in [0, 0.05) is 88.0 Å². The average molecular weight is 1120 g/mol. The fourth-order valence-corrected chi connectivity index (χ4v) is 13.3. The van der Waals surface area contributed by atoms with Crippen LogP contribution in [0.1, 0.15) is 118 Å². The molecule has 19 nitrogen and oxygen atoms in total. The van der Waals surface area contributed by atoms with Crippen LogP contribution in [0.2, 0.25) is 0 Å². The minimum atomic E-state index is -4.75. The number of benzene rings is 3. The number of anilines is 2. The molecule has 426 valence electrons. The van der Waals surface area contributed by atoms with Crippen LogP contribution in [0.4, 0.5) is 21.6 Å². The number of pyridine rings is 2. The molecule has 3 aromatic carbocycles. The SMILES string of the molecule is CCOc1nc2[nH]cc(F)c2cc1Oc1cc(N2CCC3(CC2)CC(N2CCN(Cc4ccc(OC)c(OC)c4)C[C@H]2c2ccccc2C(C)C)C3)ccc1C(=O)NS(=O)(=O)c1cnc(NCC2CCC(C)(O)CC2)c([N+](=O)[O-])c1. The highest BCUT2D eigenvalue weighted by Crippen LogP contribution is 2.54. The number of fused-ring (bicyclic) bond motifs is 1. The number of piperazine rings is 1. The summed E-state index contributed by atoms with van der Waals surface area (Å²) in [5.74, 6) is 0.0966. The lowest BCUT2D eigenvalue weighted by Crippen LogP contribution is -2.60. The van der Waals surface area contributed by atoms with E-state index in [1.807, 2.05) is 6.07 Å². The second-order valence-corrected chi connectivity index (χ2v) is 24.3. The van der Waals surface area contributed by atoms with Crippen LogP contribution in [0.3, 0.4) is 0 Å². The minimum absolute atomic E-state index is 0.0114. The van der Waals surface area contributed by atoms with Gasteiger partial charge in [-0.25, -0.2) is 22.5 Å². The topological polar surface area (TPSA) is 227 Å². The summed E-state index contributed by atoms with van der Waals surface area (Å²) in [5, 5.41) is 25.7. The van der Waals surface area contributed by atoms with Crippen LogP contribution < -0.4 is 33.9 Å². The van der Waals surface area contributed by atoms with Crippen LogP contribution in [0.25, 0.3) is 11.0 Å². The first-order valence-corrected chi connectivity index (χ1v) is 29.2. The fourth-order valence-electron chi connectivity index (χ4n) is 12.3. The van der Waals surface area contributed by atoms with Gasteiger partial charge in [0.2, 0.25) is 5.82 Å². The van der Waals surface area contributed by atoms with E-state index in [0.29, 0.717) is 49.9 Å². The second-order valence-electron chi connectivity index (χ2n) is 22.6. The Hall–Kier alpha value is -7.07. The minimum Gasteiger partial charge on any atom is -0.493 e. The zero-order valence-corrected chi connectivity index (χ0v) is 47.1. The van der Waals surface area contributed by atoms with E-state index in [1.165, 1.54) is 28.8 Å². The maximum atomic E-state index is 15.0. The van der Waals surface area contributed by atoms with Crippen molar-refractivity contribution in [3.05, 3.63) is 123 Å². The number of aromatic nitrogens is 3. The quantitative estimate of drug-likeness (QED) is 0.0437. The molecule has 4 N–H and O–H groups in total. The van der Waals surface area contributed by atoms with E-state index < -0.39 is 42.9 Å². The van der Waals surface area contributed by atoms with Crippen LogP contribution in [0.15, 0.2) is 90.1 Å². The van der Waals surface area contributed by atoms with E-state index in [4.69, 9.17) is 18.9 Å². The number of hydrogen-bond donors (Lipinski definition) is 4. The lowest BCUT2D eigenvalue weighted by molar-refractivity contribution is -0.384. The van der Waals surface area contributed by atoms with Crippen molar-refractivity contribution in [2.75, 3.05) is 70.3 Å². The van der Waals surface area contributed by atoms with Crippen molar-refractivity contribution in [3.63, 3.8) is 0 Å². The number of carbonyl (C=O) groups is 1. The van der Waals surface area contributed by atoms with Gasteiger partial charge in [0.1, 0.15) is 22.1 Å². The largest absolute Gasteiger partial charge is 0.493 e. The Morgan fingerprint density at radius 3 is 2.41 bits per heavy atom. The van der Waals surface area contributed by atoms with Crippen LogP contribution in [-0.2, 0) is 16.6 Å². The number of piperidine rings is 1. The van der Waals surface area contributed by atoms with Crippen molar-refractivity contribution in [1.82, 2.24) is 29.5 Å². The van der Waals surface area contributed by atoms with Crippen molar-refractivity contribution in [3.8, 4) is 28.9 Å². The van der Waals surface area contributed by atoms with E-state index >= 15 is 4.39 Å². The molecule has 2 aliphatic carbocycles. The van der Waals surface area contributed by atoms with Crippen LogP contribution in [0, 0.1) is 27.3 Å². The second kappa shape index (κ2) is 23.2. The van der Waals surface area contributed by atoms with Gasteiger partial charge in [0.05, 0.1) is 48.5 Å². The number of carbonyl (C=O) groups excluding carboxylic acids is 1. The molecule has 5 heterocycles. The normalized spacial score (nSPS) is 20.8. The third kappa shape index (κ3) is 12.0. The first-order valence-electron chi connectivity index (χ1n) is 27.7. The van der Waals surface area contributed by atoms with Gasteiger partial charge in [-0.05, 0) is 123 Å². The fraction of sp³-hybridized carbons (Fsp3) is 0.475. The van der Waals surface area contributed by atoms with Gasteiger partial charge >= 0.3 is 5.69 Å². The van der Waals surface area contributed by atoms with Gasteiger partial charge in [-0.15, -0.1) is 0 Å². The maximum absolute atomic E-state index is 15.0. The van der Waals surface area contributed by atoms with Crippen LogP contribution in [-0.4, -0.2) is 121 Å². The van der Waals surface area contributed by atoms with Gasteiger partial charge in [0.15, 0.2) is 17.2 Å². The van der Waals surface area contributed by atoms with Crippen molar-refractivity contribution in [2.24, 2.45) is 11.3 Å². The monoisotopic (exact) mass is 1120 g/mol. The van der Waals surface area contributed by atoms with Crippen molar-refractivity contribution >= 4 is 44.2 Å². The van der Waals surface area contributed by atoms with E-state index in [-0.39, 0.29) is 63.8 Å². The molecular formula is C59H72FN9O10S. The number of H-pyrrole nitrogens is 1. The molecular weight excluding hydrogens is 1050 g/mol. The summed E-state index contributed by atoms with van der Waals surface area (Å²) in [7, 11) is -1.44. The molecule has 0 unspecified atom stereocenters. The van der Waals surface area contributed by atoms with Crippen molar-refractivity contribution in [2.45, 2.75) is 114 Å². The molecule has 1 atom stereocenters. The van der Waals surface area contributed by atoms with Gasteiger partial charge in [-0.2, -0.15) is 4.98 Å². The Kier molecular flexibility index (Phi) is 16.3. The molecule has 6 aromatic rings. The lowest BCUT2D eigenvalue weighted by atomic mass is 9.59. The highest BCUT2D eigenvalue weighted by atomic mass is 32.2. The highest BCUT2D eigenvalue weighted by molar-refractivity contribution is 7.90. The third-order valence-corrected chi connectivity index (χ3v) is 18.2. The number of methoxy groups -OCH3 is 2. The number of hydrogen-bond acceptors (Lipinski definition) is 16. The number of sulfonamides is 1. The average Bonchev–Trinajstić information content (AvgIpc) is 3.88. The van der Waals surface area contributed by atoms with Crippen LogP contribution in [0.5, 0.6) is 28.9 Å². The molecule has 0 radical (unpaired) electrons. The summed E-state index contributed by atoms with van der Waals surface area (Å²) >= 11 is 0. The molecule has 21 heteroatoms. The van der Waals surface area contributed by atoms with E-state index in [9.17, 15) is 28.4 Å². The molecule has 2 saturated heterocycles. The summed E-state index contributed by atoms with van der Waals surface area (Å²) in [5.41, 5.74) is 3.50. The molecule has 1 amide bonds. The number of nitro groups is 1. The molecule has 10 rings (SSSR count). The first kappa shape index (κ1) is 56.2. The van der Waals surface area contributed by atoms with Gasteiger partial charge in [0.25, 0.3) is 21.8 Å². The Bertz CT molecular complexity index is 3350. The molecule has 2 aliphatic heterocycles. The number of nitrogens with one attached hydrogen (secondary N) is 3. The van der Waals surface area contributed by atoms with Gasteiger partial charge < -0.3 is 39.3 Å². The summed E-state index contributed by atoms with van der Waals surface area (Å²) < 4.78 is 68.4. The van der Waals surface area contributed by atoms with E-state index in [1.54, 1.807) is 40.2 Å². The summed E-state index contributed by atoms with van der Waals surface area (Å²) in [4.78, 5) is 44.1. The lowest BCUT2D eigenvalue weighted by Gasteiger charge is -2.58. The smallest absolute Gasteiger partial charge is 0.312 e. The summed E-state index contributed by atoms with van der Waals surface area (Å²) in [6.45, 7) is 13.6. The summed E-state index contributed by atoms with van der Waals surface area (Å²) in [6.07, 6.45) is 8.74. The molecule has 4 fully saturated rings. The number of aliphatic hydroxyl groups is 1. The molecule has 2 saturated carbocycles. The number of aromatic amines is 1. The third-order valence-electron chi connectivity index (χ3n) is 16.9. The molecule has 4 aliphatic rings. The number of halogens is 1. The standard InChI is InChI=1S/C59H72FN9O10S/c1-7-78-57-53(29-46-47(60)34-63-54(46)64-57)79-51-27-40(13-14-45(51)56(70)65-80(74,75)42-28-48(69(72)73)55(62-33-42)61-32-38-16-18-58(4,71)19-17-38)67-22-20-59(21-23-67)30-41(31-59)68-25-24-66(35-39-12-15-50(76-5)52(26-39)77-6)36-49(68)44-11-9-8-10-43(44)37(2)3/h8-15,26-29,33-34,37-38,41,49,71H,7,16-25,30-32,35-36H2,1-6H3,(H,61,62)(H,63,64)(H,65,70)/t38?,49-,58?/m0/s1. The van der Waals surface area contributed by atoms with Crippen molar-refractivity contribution in [1.29, 1.82) is 0 Å². The van der Waals surface area contributed by atoms with E-state index in [0.717, 1.165) is 94.8 Å². The van der Waals surface area contributed by atoms with Crippen molar-refractivity contribution < 1.29 is 46.6 Å². The number of nitrogens with zero attached hydrogens (tertiary/aromatic N) is 6. The number of rotatable bonds is 19. The Morgan fingerprint density at radius 2 is 1.70 bits per heavy atom. The highest BCUT2D eigenvalue weighted by Gasteiger charge is 2.50. The molecule has 1 spiro atoms. The number of amides is 1. The van der Waals surface area contributed by atoms with Gasteiger partial charge in [-0.1, -0.05) is 44.2 Å². The maximum Gasteiger partial charge on any atom is 0.312 e. The van der Waals surface area contributed by atoms with Crippen LogP contribution >= 0.6 is 0 Å². The predicted octanol–water partition coefficient (Wildman–Crippen LogP) is 10.1. The molecule has 0 bridgehead atoms. The zero-order valence-electron chi connectivity index (χ0n) is 46.3. The predicted molar refractivity (Wildman–Crippen MR) is 302 cm³/mol. The summed E-state index contributed by atoms with van der Waals surface area (Å²) in [6, 6.07) is 22.8. The Labute approximate surface area is 466 Å². The molecule has 80 heavy (non-hydrogen) atoms. The number of ether oxygens (including phenoxy) is 4. The Balaban J connectivity index is 0.862. The zero-order chi connectivity index (χ0) is 56.5. The van der Waals surface area contributed by atoms with Gasteiger partial charge in [-0.3, -0.25) is 24.7 Å². The molecule has 3 aromatic heterocycles. The van der Waals surface area contributed by atoms with E-state index in [2.05, 4.69) is 89.9 Å².